The van der Waals surface area contributed by atoms with Crippen LogP contribution in [0.3, 0.4) is 0 Å². The number of rotatable bonds is 1. The minimum Gasteiger partial charge on any atom is -0.464 e. The van der Waals surface area contributed by atoms with E-state index < -0.39 is 0 Å². The molecule has 4 aliphatic rings. The normalized spacial score (nSPS) is 34.1. The van der Waals surface area contributed by atoms with Crippen LogP contribution in [0.4, 0.5) is 5.69 Å². The molecule has 1 aliphatic heterocycles. The summed E-state index contributed by atoms with van der Waals surface area (Å²) in [7, 11) is 0. The number of aryl methyl sites for hydroxylation is 1. The van der Waals surface area contributed by atoms with E-state index in [1.54, 1.807) is 6.26 Å². The highest BCUT2D eigenvalue weighted by Crippen LogP contribution is 2.49. The van der Waals surface area contributed by atoms with Crippen LogP contribution < -0.4 is 16.1 Å². The number of hydrogen-bond donors (Lipinski definition) is 2. The predicted molar refractivity (Wildman–Crippen MR) is 83.6 cm³/mol. The second kappa shape index (κ2) is 4.47. The lowest BCUT2D eigenvalue weighted by atomic mass is 9.66. The van der Waals surface area contributed by atoms with Crippen molar-refractivity contribution in [1.82, 2.24) is 11.0 Å². The van der Waals surface area contributed by atoms with E-state index in [-0.39, 0.29) is 5.72 Å². The topological polar surface area (TPSA) is 49.7 Å². The SMILES string of the molecule is Cc1coc2ccc(N3NOC4(CC5CCC4CC5)N3)cc12. The quantitative estimate of drug-likeness (QED) is 0.845. The summed E-state index contributed by atoms with van der Waals surface area (Å²) in [6.07, 6.45) is 8.17. The molecule has 0 amide bonds. The van der Waals surface area contributed by atoms with E-state index in [9.17, 15) is 0 Å². The Bertz CT molecular complexity index is 720. The van der Waals surface area contributed by atoms with Crippen molar-refractivity contribution in [3.05, 3.63) is 30.0 Å². The third-order valence-electron chi connectivity index (χ3n) is 5.73. The molecule has 6 rings (SSSR count). The van der Waals surface area contributed by atoms with E-state index in [1.807, 2.05) is 11.2 Å². The molecule has 3 aliphatic carbocycles. The Morgan fingerprint density at radius 1 is 1.23 bits per heavy atom. The van der Waals surface area contributed by atoms with Crippen LogP contribution in [-0.4, -0.2) is 5.72 Å². The number of anilines is 1. The fourth-order valence-corrected chi connectivity index (χ4v) is 4.45. The van der Waals surface area contributed by atoms with Crippen LogP contribution >= 0.6 is 0 Å². The number of benzene rings is 1. The monoisotopic (exact) mass is 299 g/mol. The number of nitrogens with zero attached hydrogens (tertiary/aromatic N) is 1. The molecule has 5 nitrogen and oxygen atoms in total. The van der Waals surface area contributed by atoms with Crippen LogP contribution in [0.25, 0.3) is 11.0 Å². The Morgan fingerprint density at radius 3 is 2.86 bits per heavy atom. The number of hydrazine groups is 2. The lowest BCUT2D eigenvalue weighted by Crippen LogP contribution is -2.57. The molecule has 4 fully saturated rings. The van der Waals surface area contributed by atoms with Crippen molar-refractivity contribution in [2.75, 3.05) is 5.12 Å². The lowest BCUT2D eigenvalue weighted by Gasteiger charge is -2.47. The van der Waals surface area contributed by atoms with E-state index in [2.05, 4.69) is 30.1 Å². The first-order valence-electron chi connectivity index (χ1n) is 8.23. The van der Waals surface area contributed by atoms with Crippen molar-refractivity contribution < 1.29 is 9.25 Å². The molecule has 1 atom stereocenters. The summed E-state index contributed by atoms with van der Waals surface area (Å²) in [5.74, 6) is 1.41. The molecular weight excluding hydrogens is 278 g/mol. The molecular formula is C17H21N3O2. The first kappa shape index (κ1) is 12.9. The van der Waals surface area contributed by atoms with Gasteiger partial charge in [0, 0.05) is 11.3 Å². The molecule has 1 unspecified atom stereocenters. The molecule has 0 radical (unpaired) electrons. The number of nitrogens with one attached hydrogen (secondary N) is 2. The van der Waals surface area contributed by atoms with Crippen molar-refractivity contribution in [1.29, 1.82) is 0 Å². The fraction of sp³-hybridized carbons (Fsp3) is 0.529. The lowest BCUT2D eigenvalue weighted by molar-refractivity contribution is -0.153. The summed E-state index contributed by atoms with van der Waals surface area (Å²) in [6, 6.07) is 6.20. The van der Waals surface area contributed by atoms with Gasteiger partial charge in [-0.15, -0.1) is 0 Å². The fourth-order valence-electron chi connectivity index (χ4n) is 4.45. The highest BCUT2D eigenvalue weighted by molar-refractivity contribution is 5.84. The van der Waals surface area contributed by atoms with Crippen LogP contribution in [-0.2, 0) is 4.84 Å². The van der Waals surface area contributed by atoms with Gasteiger partial charge in [-0.25, -0.2) is 5.12 Å². The predicted octanol–water partition coefficient (Wildman–Crippen LogP) is 3.41. The summed E-state index contributed by atoms with van der Waals surface area (Å²) in [5, 5.41) is 3.07. The Morgan fingerprint density at radius 2 is 2.09 bits per heavy atom. The summed E-state index contributed by atoms with van der Waals surface area (Å²) < 4.78 is 5.53. The molecule has 5 heteroatoms. The molecule has 116 valence electrons. The van der Waals surface area contributed by atoms with E-state index in [1.165, 1.54) is 25.7 Å². The van der Waals surface area contributed by atoms with Crippen molar-refractivity contribution in [3.63, 3.8) is 0 Å². The summed E-state index contributed by atoms with van der Waals surface area (Å²) in [6.45, 7) is 2.07. The van der Waals surface area contributed by atoms with Crippen LogP contribution in [0.2, 0.25) is 0 Å². The van der Waals surface area contributed by atoms with Gasteiger partial charge in [0.2, 0.25) is 0 Å². The molecule has 2 N–H and O–H groups in total. The summed E-state index contributed by atoms with van der Waals surface area (Å²) in [5.41, 5.74) is 9.60. The van der Waals surface area contributed by atoms with Gasteiger partial charge in [-0.05, 0) is 68.7 Å². The average Bonchev–Trinajstić information content (AvgIpc) is 3.13. The summed E-state index contributed by atoms with van der Waals surface area (Å²) >= 11 is 0. The first-order chi connectivity index (χ1) is 10.7. The molecule has 22 heavy (non-hydrogen) atoms. The Balaban J connectivity index is 1.45. The van der Waals surface area contributed by atoms with Gasteiger partial charge in [-0.1, -0.05) is 5.59 Å². The maximum atomic E-state index is 6.05. The zero-order valence-electron chi connectivity index (χ0n) is 12.8. The van der Waals surface area contributed by atoms with Crippen molar-refractivity contribution in [3.8, 4) is 0 Å². The standard InChI is InChI=1S/C17H21N3O2/c1-11-10-21-16-7-6-14(8-15(11)16)20-18-17(22-19-20)9-12-2-4-13(17)5-3-12/h6-8,10,12-13,18-19H,2-5,9H2,1H3. The van der Waals surface area contributed by atoms with E-state index in [4.69, 9.17) is 9.25 Å². The minimum atomic E-state index is -0.221. The van der Waals surface area contributed by atoms with Gasteiger partial charge >= 0.3 is 0 Å². The van der Waals surface area contributed by atoms with Crippen LogP contribution in [0.5, 0.6) is 0 Å². The second-order valence-electron chi connectivity index (χ2n) is 7.05. The van der Waals surface area contributed by atoms with Crippen LogP contribution in [0, 0.1) is 18.8 Å². The van der Waals surface area contributed by atoms with Gasteiger partial charge in [-0.2, -0.15) is 5.43 Å². The maximum absolute atomic E-state index is 6.05. The zero-order chi connectivity index (χ0) is 14.7. The molecule has 1 spiro atoms. The number of fused-ring (bicyclic) bond motifs is 3. The summed E-state index contributed by atoms with van der Waals surface area (Å²) in [4.78, 5) is 6.05. The van der Waals surface area contributed by atoms with Crippen molar-refractivity contribution >= 4 is 16.7 Å². The maximum Gasteiger partial charge on any atom is 0.163 e. The van der Waals surface area contributed by atoms with Crippen LogP contribution in [0.15, 0.2) is 28.9 Å². The zero-order valence-corrected chi connectivity index (χ0v) is 12.8. The molecule has 2 aromatic rings. The highest BCUT2D eigenvalue weighted by atomic mass is 16.7. The Kier molecular flexibility index (Phi) is 2.63. The highest BCUT2D eigenvalue weighted by Gasteiger charge is 2.53. The Labute approximate surface area is 129 Å². The van der Waals surface area contributed by atoms with E-state index >= 15 is 0 Å². The van der Waals surface area contributed by atoms with Gasteiger partial charge in [0.15, 0.2) is 5.72 Å². The number of furan rings is 1. The third-order valence-corrected chi connectivity index (χ3v) is 5.73. The van der Waals surface area contributed by atoms with Crippen molar-refractivity contribution in [2.45, 2.75) is 44.8 Å². The molecule has 1 aromatic heterocycles. The van der Waals surface area contributed by atoms with Gasteiger partial charge in [0.1, 0.15) is 5.58 Å². The van der Waals surface area contributed by atoms with Gasteiger partial charge < -0.3 is 4.42 Å². The van der Waals surface area contributed by atoms with Gasteiger partial charge in [0.25, 0.3) is 0 Å². The smallest absolute Gasteiger partial charge is 0.163 e. The number of hydrogen-bond acceptors (Lipinski definition) is 5. The minimum absolute atomic E-state index is 0.221. The molecule has 2 bridgehead atoms. The first-order valence-corrected chi connectivity index (χ1v) is 8.23. The molecule has 2 heterocycles. The second-order valence-corrected chi connectivity index (χ2v) is 7.05. The molecule has 1 aromatic carbocycles. The van der Waals surface area contributed by atoms with Crippen LogP contribution in [0.1, 0.15) is 37.7 Å². The third kappa shape index (κ3) is 1.76. The Hall–Kier alpha value is -1.56. The van der Waals surface area contributed by atoms with E-state index in [0.717, 1.165) is 34.6 Å². The average molecular weight is 299 g/mol. The van der Waals surface area contributed by atoms with E-state index in [0.29, 0.717) is 5.92 Å². The van der Waals surface area contributed by atoms with Crippen molar-refractivity contribution in [2.24, 2.45) is 11.8 Å². The molecule has 3 saturated carbocycles. The largest absolute Gasteiger partial charge is 0.464 e. The van der Waals surface area contributed by atoms with Gasteiger partial charge in [0.05, 0.1) is 12.0 Å². The molecule has 1 saturated heterocycles. The van der Waals surface area contributed by atoms with Gasteiger partial charge in [-0.3, -0.25) is 4.84 Å².